The van der Waals surface area contributed by atoms with E-state index in [-0.39, 0.29) is 29.6 Å². The summed E-state index contributed by atoms with van der Waals surface area (Å²) in [5, 5.41) is 2.88. The Morgan fingerprint density at radius 2 is 1.83 bits per heavy atom. The summed E-state index contributed by atoms with van der Waals surface area (Å²) in [5.41, 5.74) is 2.15. The SMILES string of the molecule is Cc1ccnc(NC(=O)CN2CC3(CCC(c4ccccc4)(N(C)C)CC3)N(CC3CCC3)C2=O)c1. The van der Waals surface area contributed by atoms with Crippen molar-refractivity contribution in [2.24, 2.45) is 5.92 Å². The number of amides is 3. The summed E-state index contributed by atoms with van der Waals surface area (Å²) in [7, 11) is 4.35. The van der Waals surface area contributed by atoms with Gasteiger partial charge in [0.05, 0.1) is 5.54 Å². The van der Waals surface area contributed by atoms with E-state index in [1.165, 1.54) is 24.8 Å². The van der Waals surface area contributed by atoms with E-state index in [2.05, 4.69) is 64.5 Å². The largest absolute Gasteiger partial charge is 0.321 e. The van der Waals surface area contributed by atoms with Gasteiger partial charge in [-0.3, -0.25) is 9.69 Å². The van der Waals surface area contributed by atoms with Gasteiger partial charge in [0.2, 0.25) is 5.91 Å². The molecule has 1 aromatic heterocycles. The van der Waals surface area contributed by atoms with E-state index in [4.69, 9.17) is 0 Å². The van der Waals surface area contributed by atoms with Crippen LogP contribution in [0.4, 0.5) is 10.6 Å². The van der Waals surface area contributed by atoms with E-state index in [1.807, 2.05) is 19.1 Å². The summed E-state index contributed by atoms with van der Waals surface area (Å²) in [6.07, 6.45) is 9.21. The number of carbonyl (C=O) groups is 2. The molecule has 7 heteroatoms. The zero-order chi connectivity index (χ0) is 25.3. The highest BCUT2D eigenvalue weighted by atomic mass is 16.2. The molecule has 3 aliphatic rings. The van der Waals surface area contributed by atoms with Crippen molar-refractivity contribution in [3.8, 4) is 0 Å². The van der Waals surface area contributed by atoms with Gasteiger partial charge in [-0.2, -0.15) is 0 Å². The molecule has 2 aromatic rings. The number of aryl methyl sites for hydroxylation is 1. The molecule has 2 saturated carbocycles. The molecule has 3 amide bonds. The lowest BCUT2D eigenvalue weighted by atomic mass is 9.68. The predicted octanol–water partition coefficient (Wildman–Crippen LogP) is 4.64. The van der Waals surface area contributed by atoms with Gasteiger partial charge in [0.15, 0.2) is 0 Å². The van der Waals surface area contributed by atoms with Gasteiger partial charge in [-0.1, -0.05) is 36.8 Å². The van der Waals surface area contributed by atoms with E-state index in [0.29, 0.717) is 18.3 Å². The number of aromatic nitrogens is 1. The normalized spacial score (nSPS) is 26.5. The first-order valence-electron chi connectivity index (χ1n) is 13.3. The zero-order valence-corrected chi connectivity index (χ0v) is 21.9. The lowest BCUT2D eigenvalue weighted by Gasteiger charge is -2.51. The van der Waals surface area contributed by atoms with Gasteiger partial charge >= 0.3 is 6.03 Å². The molecule has 1 N–H and O–H groups in total. The molecule has 3 fully saturated rings. The summed E-state index contributed by atoms with van der Waals surface area (Å²) in [6, 6.07) is 14.6. The Morgan fingerprint density at radius 1 is 1.11 bits per heavy atom. The van der Waals surface area contributed by atoms with E-state index in [0.717, 1.165) is 37.8 Å². The Hall–Kier alpha value is -2.93. The quantitative estimate of drug-likeness (QED) is 0.615. The molecule has 192 valence electrons. The second-order valence-corrected chi connectivity index (χ2v) is 11.3. The maximum Gasteiger partial charge on any atom is 0.321 e. The lowest BCUT2D eigenvalue weighted by molar-refractivity contribution is -0.116. The van der Waals surface area contributed by atoms with E-state index in [1.54, 1.807) is 11.1 Å². The van der Waals surface area contributed by atoms with Crippen LogP contribution in [-0.2, 0) is 10.3 Å². The minimum absolute atomic E-state index is 0.0197. The Labute approximate surface area is 214 Å². The van der Waals surface area contributed by atoms with Crippen LogP contribution in [0.3, 0.4) is 0 Å². The molecule has 1 aromatic carbocycles. The smallest absolute Gasteiger partial charge is 0.317 e. The number of nitrogens with zero attached hydrogens (tertiary/aromatic N) is 4. The summed E-state index contributed by atoms with van der Waals surface area (Å²) >= 11 is 0. The number of benzene rings is 1. The molecule has 1 spiro atoms. The van der Waals surface area contributed by atoms with Gasteiger partial charge < -0.3 is 15.1 Å². The molecular formula is C29H39N5O2. The molecule has 2 aliphatic carbocycles. The van der Waals surface area contributed by atoms with Crippen molar-refractivity contribution in [1.29, 1.82) is 0 Å². The summed E-state index contributed by atoms with van der Waals surface area (Å²) < 4.78 is 0. The van der Waals surface area contributed by atoms with Crippen LogP contribution in [0.15, 0.2) is 48.7 Å². The highest BCUT2D eigenvalue weighted by Gasteiger charge is 2.55. The van der Waals surface area contributed by atoms with Gasteiger partial charge in [-0.05, 0) is 88.7 Å². The summed E-state index contributed by atoms with van der Waals surface area (Å²) in [4.78, 5) is 37.1. The summed E-state index contributed by atoms with van der Waals surface area (Å²) in [5.74, 6) is 0.930. The van der Waals surface area contributed by atoms with Gasteiger partial charge in [0, 0.05) is 24.8 Å². The van der Waals surface area contributed by atoms with E-state index >= 15 is 0 Å². The number of carbonyl (C=O) groups excluding carboxylic acids is 2. The van der Waals surface area contributed by atoms with Gasteiger partial charge in [-0.15, -0.1) is 0 Å². The molecule has 0 unspecified atom stereocenters. The molecule has 0 bridgehead atoms. The van der Waals surface area contributed by atoms with Crippen molar-refractivity contribution in [3.63, 3.8) is 0 Å². The highest BCUT2D eigenvalue weighted by molar-refractivity contribution is 5.94. The average molecular weight is 490 g/mol. The number of anilines is 1. The monoisotopic (exact) mass is 489 g/mol. The third-order valence-corrected chi connectivity index (χ3v) is 8.92. The first-order valence-corrected chi connectivity index (χ1v) is 13.3. The second kappa shape index (κ2) is 9.85. The van der Waals surface area contributed by atoms with Gasteiger partial charge in [-0.25, -0.2) is 9.78 Å². The van der Waals surface area contributed by atoms with Crippen LogP contribution < -0.4 is 5.32 Å². The van der Waals surface area contributed by atoms with E-state index in [9.17, 15) is 9.59 Å². The molecule has 36 heavy (non-hydrogen) atoms. The number of pyridine rings is 1. The van der Waals surface area contributed by atoms with Crippen LogP contribution in [0.2, 0.25) is 0 Å². The highest BCUT2D eigenvalue weighted by Crippen LogP contribution is 2.49. The molecular weight excluding hydrogens is 450 g/mol. The zero-order valence-electron chi connectivity index (χ0n) is 21.9. The van der Waals surface area contributed by atoms with Crippen molar-refractivity contribution in [2.45, 2.75) is 62.9 Å². The first-order chi connectivity index (χ1) is 17.3. The number of nitrogens with one attached hydrogen (secondary N) is 1. The number of hydrogen-bond acceptors (Lipinski definition) is 4. The number of hydrogen-bond donors (Lipinski definition) is 1. The fourth-order valence-electron chi connectivity index (χ4n) is 6.47. The number of urea groups is 1. The Balaban J connectivity index is 1.34. The second-order valence-electron chi connectivity index (χ2n) is 11.3. The minimum Gasteiger partial charge on any atom is -0.317 e. The fourth-order valence-corrected chi connectivity index (χ4v) is 6.47. The lowest BCUT2D eigenvalue weighted by Crippen LogP contribution is -2.56. The maximum absolute atomic E-state index is 13.7. The van der Waals surface area contributed by atoms with Crippen molar-refractivity contribution in [1.82, 2.24) is 19.7 Å². The van der Waals surface area contributed by atoms with Crippen LogP contribution >= 0.6 is 0 Å². The van der Waals surface area contributed by atoms with Gasteiger partial charge in [0.1, 0.15) is 12.4 Å². The van der Waals surface area contributed by atoms with Crippen LogP contribution in [0.1, 0.15) is 56.1 Å². The standard InChI is InChI=1S/C29H39N5O2/c1-22-12-17-30-25(18-22)31-26(35)20-33-21-28(34(27(33)36)19-23-8-7-9-23)13-15-29(16-14-28,32(2)3)24-10-5-4-6-11-24/h4-6,10-12,17-18,23H,7-9,13-16,19-21H2,1-3H3,(H,30,31,35). The Morgan fingerprint density at radius 3 is 2.44 bits per heavy atom. The van der Waals surface area contributed by atoms with Crippen molar-refractivity contribution in [2.75, 3.05) is 39.0 Å². The molecule has 0 radical (unpaired) electrons. The molecule has 0 atom stereocenters. The third kappa shape index (κ3) is 4.61. The first kappa shape index (κ1) is 24.8. The van der Waals surface area contributed by atoms with Crippen molar-refractivity contribution in [3.05, 3.63) is 59.8 Å². The average Bonchev–Trinajstić information content (AvgIpc) is 3.07. The van der Waals surface area contributed by atoms with Crippen molar-refractivity contribution < 1.29 is 9.59 Å². The minimum atomic E-state index is -0.206. The summed E-state index contributed by atoms with van der Waals surface area (Å²) in [6.45, 7) is 3.47. The van der Waals surface area contributed by atoms with E-state index < -0.39 is 0 Å². The molecule has 7 nitrogen and oxygen atoms in total. The molecule has 1 saturated heterocycles. The molecule has 1 aliphatic heterocycles. The van der Waals surface area contributed by atoms with Gasteiger partial charge in [0.25, 0.3) is 0 Å². The third-order valence-electron chi connectivity index (χ3n) is 8.92. The van der Waals surface area contributed by atoms with Crippen molar-refractivity contribution >= 4 is 17.8 Å². The topological polar surface area (TPSA) is 68.8 Å². The van der Waals surface area contributed by atoms with Crippen LogP contribution in [0, 0.1) is 12.8 Å². The maximum atomic E-state index is 13.7. The predicted molar refractivity (Wildman–Crippen MR) is 142 cm³/mol. The Kier molecular flexibility index (Phi) is 6.77. The number of rotatable bonds is 7. The Bertz CT molecular complexity index is 1090. The van der Waals surface area contributed by atoms with Crippen LogP contribution in [0.5, 0.6) is 0 Å². The van der Waals surface area contributed by atoms with Crippen LogP contribution in [-0.4, -0.2) is 70.9 Å². The van der Waals surface area contributed by atoms with Crippen LogP contribution in [0.25, 0.3) is 0 Å². The molecule has 2 heterocycles. The fraction of sp³-hybridized carbons (Fsp3) is 0.552. The molecule has 5 rings (SSSR count).